The molecule has 1 fully saturated rings. The van der Waals surface area contributed by atoms with Crippen LogP contribution in [-0.2, 0) is 22.6 Å². The number of phenols is 1. The van der Waals surface area contributed by atoms with Gasteiger partial charge in [-0.15, -0.1) is 0 Å². The van der Waals surface area contributed by atoms with Gasteiger partial charge < -0.3 is 20.8 Å². The number of aromatic nitrogens is 2. The number of rotatable bonds is 7. The fraction of sp³-hybridized carbons (Fsp3) is 0.455. The van der Waals surface area contributed by atoms with Crippen molar-refractivity contribution in [1.29, 1.82) is 0 Å². The summed E-state index contributed by atoms with van der Waals surface area (Å²) in [5.41, 5.74) is 1.07. The van der Waals surface area contributed by atoms with Crippen LogP contribution in [0.1, 0.15) is 48.5 Å². The molecule has 3 rings (SSSR count). The van der Waals surface area contributed by atoms with Gasteiger partial charge in [-0.3, -0.25) is 19.1 Å². The highest BCUT2D eigenvalue weighted by Crippen LogP contribution is 2.24. The highest BCUT2D eigenvalue weighted by atomic mass is 19.1. The Morgan fingerprint density at radius 3 is 2.75 bits per heavy atom. The molecule has 2 aromatic rings. The van der Waals surface area contributed by atoms with Crippen LogP contribution >= 0.6 is 0 Å². The van der Waals surface area contributed by atoms with Crippen LogP contribution < -0.4 is 10.6 Å². The Bertz CT molecular complexity index is 917. The minimum atomic E-state index is -0.728. The Morgan fingerprint density at radius 2 is 2.09 bits per heavy atom. The van der Waals surface area contributed by atoms with Gasteiger partial charge in [0.25, 0.3) is 12.4 Å². The number of benzene rings is 1. The van der Waals surface area contributed by atoms with Crippen molar-refractivity contribution >= 4 is 18.3 Å². The van der Waals surface area contributed by atoms with Crippen molar-refractivity contribution in [2.45, 2.75) is 51.6 Å². The predicted molar refractivity (Wildman–Crippen MR) is 115 cm³/mol. The van der Waals surface area contributed by atoms with Gasteiger partial charge >= 0.3 is 0 Å². The van der Waals surface area contributed by atoms with E-state index in [0.717, 1.165) is 25.7 Å². The lowest BCUT2D eigenvalue weighted by atomic mass is 9.85. The van der Waals surface area contributed by atoms with Crippen LogP contribution in [-0.4, -0.2) is 50.9 Å². The van der Waals surface area contributed by atoms with Gasteiger partial charge in [0.15, 0.2) is 11.6 Å². The molecular weight excluding hydrogens is 419 g/mol. The van der Waals surface area contributed by atoms with Crippen molar-refractivity contribution in [3.05, 3.63) is 47.5 Å². The summed E-state index contributed by atoms with van der Waals surface area (Å²) in [5.74, 6) is -1.16. The lowest BCUT2D eigenvalue weighted by molar-refractivity contribution is -0.123. The van der Waals surface area contributed by atoms with Crippen LogP contribution in [0.3, 0.4) is 0 Å². The van der Waals surface area contributed by atoms with E-state index < -0.39 is 11.6 Å². The van der Waals surface area contributed by atoms with E-state index in [-0.39, 0.29) is 30.7 Å². The van der Waals surface area contributed by atoms with E-state index in [9.17, 15) is 19.1 Å². The molecule has 2 amide bonds. The second kappa shape index (κ2) is 12.4. The molecule has 0 aliphatic heterocycles. The van der Waals surface area contributed by atoms with Crippen molar-refractivity contribution in [1.82, 2.24) is 20.4 Å². The maximum atomic E-state index is 13.4. The summed E-state index contributed by atoms with van der Waals surface area (Å²) in [6.07, 6.45) is 7.03. The van der Waals surface area contributed by atoms with Gasteiger partial charge in [0.05, 0.1) is 18.2 Å². The van der Waals surface area contributed by atoms with Crippen LogP contribution in [0.25, 0.3) is 0 Å². The first-order chi connectivity index (χ1) is 15.4. The van der Waals surface area contributed by atoms with Crippen LogP contribution in [0.2, 0.25) is 0 Å². The molecule has 32 heavy (non-hydrogen) atoms. The lowest BCUT2D eigenvalue weighted by Crippen LogP contribution is -2.41. The average Bonchev–Trinajstić information content (AvgIpc) is 3.25. The SMILES string of the molecule is CCn1cc(C(=O)NC[C@@H]2CCC[C@H](NC(=O)Cc3ccc(O)c(F)c3)C2)cn1.O=CO. The van der Waals surface area contributed by atoms with Gasteiger partial charge in [0, 0.05) is 25.3 Å². The summed E-state index contributed by atoms with van der Waals surface area (Å²) in [4.78, 5) is 32.9. The molecule has 1 aromatic carbocycles. The third-order valence-electron chi connectivity index (χ3n) is 5.30. The lowest BCUT2D eigenvalue weighted by Gasteiger charge is -2.30. The number of hydrogen-bond acceptors (Lipinski definition) is 5. The molecule has 0 unspecified atom stereocenters. The summed E-state index contributed by atoms with van der Waals surface area (Å²) in [6, 6.07) is 4.01. The summed E-state index contributed by atoms with van der Waals surface area (Å²) in [7, 11) is 0. The number of amides is 2. The van der Waals surface area contributed by atoms with Gasteiger partial charge in [0.2, 0.25) is 5.91 Å². The Kier molecular flexibility index (Phi) is 9.65. The second-order valence-electron chi connectivity index (χ2n) is 7.66. The van der Waals surface area contributed by atoms with Crippen molar-refractivity contribution in [2.24, 2.45) is 5.92 Å². The van der Waals surface area contributed by atoms with E-state index in [4.69, 9.17) is 9.90 Å². The van der Waals surface area contributed by atoms with Crippen molar-refractivity contribution in [3.63, 3.8) is 0 Å². The molecule has 2 atom stereocenters. The third kappa shape index (κ3) is 7.68. The molecule has 0 spiro atoms. The van der Waals surface area contributed by atoms with Gasteiger partial charge in [-0.25, -0.2) is 4.39 Å². The summed E-state index contributed by atoms with van der Waals surface area (Å²) in [6.45, 7) is 2.99. The number of carbonyl (C=O) groups is 3. The first kappa shape index (κ1) is 24.8. The monoisotopic (exact) mass is 448 g/mol. The second-order valence-corrected chi connectivity index (χ2v) is 7.66. The zero-order valence-electron chi connectivity index (χ0n) is 18.0. The van der Waals surface area contributed by atoms with Gasteiger partial charge in [0.1, 0.15) is 0 Å². The normalized spacial score (nSPS) is 17.6. The maximum absolute atomic E-state index is 13.4. The van der Waals surface area contributed by atoms with Crippen LogP contribution in [0.15, 0.2) is 30.6 Å². The molecule has 4 N–H and O–H groups in total. The first-order valence-corrected chi connectivity index (χ1v) is 10.5. The van der Waals surface area contributed by atoms with Gasteiger partial charge in [-0.05, 0) is 49.8 Å². The number of hydrogen-bond donors (Lipinski definition) is 4. The molecule has 0 saturated heterocycles. The number of nitrogens with zero attached hydrogens (tertiary/aromatic N) is 2. The van der Waals surface area contributed by atoms with Crippen molar-refractivity contribution < 1.29 is 29.0 Å². The van der Waals surface area contributed by atoms with Crippen LogP contribution in [0.4, 0.5) is 4.39 Å². The van der Waals surface area contributed by atoms with E-state index in [0.29, 0.717) is 30.1 Å². The molecule has 1 saturated carbocycles. The highest BCUT2D eigenvalue weighted by Gasteiger charge is 2.24. The number of carbonyl (C=O) groups excluding carboxylic acids is 2. The molecule has 1 aromatic heterocycles. The minimum absolute atomic E-state index is 0.0444. The smallest absolute Gasteiger partial charge is 0.290 e. The number of halogens is 1. The molecule has 174 valence electrons. The quantitative estimate of drug-likeness (QED) is 0.480. The minimum Gasteiger partial charge on any atom is -0.505 e. The summed E-state index contributed by atoms with van der Waals surface area (Å²) < 4.78 is 15.1. The third-order valence-corrected chi connectivity index (χ3v) is 5.30. The first-order valence-electron chi connectivity index (χ1n) is 10.5. The molecule has 1 heterocycles. The van der Waals surface area contributed by atoms with E-state index in [1.807, 2.05) is 6.92 Å². The molecule has 1 aliphatic rings. The van der Waals surface area contributed by atoms with Gasteiger partial charge in [-0.1, -0.05) is 12.5 Å². The Labute approximate surface area is 185 Å². The van der Waals surface area contributed by atoms with E-state index >= 15 is 0 Å². The zero-order chi connectivity index (χ0) is 23.5. The molecular formula is C22H29FN4O5. The average molecular weight is 448 g/mol. The van der Waals surface area contributed by atoms with Crippen LogP contribution in [0.5, 0.6) is 5.75 Å². The standard InChI is InChI=1S/C21H27FN4O3.CH2O2/c1-2-26-13-16(12-24-26)21(29)23-11-15-4-3-5-17(8-15)25-20(28)10-14-6-7-19(27)18(22)9-14;2-1-3/h6-7,9,12-13,15,17,27H,2-5,8,10-11H2,1H3,(H,23,29)(H,25,28);1H,(H,2,3)/t15-,17+;/m1./s1. The maximum Gasteiger partial charge on any atom is 0.290 e. The highest BCUT2D eigenvalue weighted by molar-refractivity contribution is 5.93. The number of aryl methyl sites for hydroxylation is 1. The van der Waals surface area contributed by atoms with E-state index in [1.165, 1.54) is 18.2 Å². The summed E-state index contributed by atoms with van der Waals surface area (Å²) in [5, 5.41) is 26.2. The molecule has 9 nitrogen and oxygen atoms in total. The molecule has 0 bridgehead atoms. The topological polar surface area (TPSA) is 134 Å². The van der Waals surface area contributed by atoms with Gasteiger partial charge in [-0.2, -0.15) is 5.10 Å². The molecule has 10 heteroatoms. The fourth-order valence-corrected chi connectivity index (χ4v) is 3.72. The predicted octanol–water partition coefficient (Wildman–Crippen LogP) is 2.10. The Balaban J connectivity index is 0.00000114. The molecule has 1 aliphatic carbocycles. The fourth-order valence-electron chi connectivity index (χ4n) is 3.72. The van der Waals surface area contributed by atoms with E-state index in [1.54, 1.807) is 17.1 Å². The largest absolute Gasteiger partial charge is 0.505 e. The van der Waals surface area contributed by atoms with E-state index in [2.05, 4.69) is 15.7 Å². The summed E-state index contributed by atoms with van der Waals surface area (Å²) >= 11 is 0. The Hall–Kier alpha value is -3.43. The van der Waals surface area contributed by atoms with Crippen molar-refractivity contribution in [3.8, 4) is 5.75 Å². The van der Waals surface area contributed by atoms with Crippen LogP contribution in [0, 0.1) is 11.7 Å². The zero-order valence-corrected chi connectivity index (χ0v) is 18.0. The Morgan fingerprint density at radius 1 is 1.34 bits per heavy atom. The van der Waals surface area contributed by atoms with Crippen molar-refractivity contribution in [2.75, 3.05) is 6.54 Å². The number of phenolic OH excluding ortho intramolecular Hbond substituents is 1. The number of nitrogens with one attached hydrogen (secondary N) is 2. The number of carboxylic acid groups (broad SMARTS) is 1. The number of aromatic hydroxyl groups is 1. The molecule has 0 radical (unpaired) electrons.